The minimum Gasteiger partial charge on any atom is -0.481 e. The fourth-order valence-electron chi connectivity index (χ4n) is 4.04. The van der Waals surface area contributed by atoms with E-state index in [0.717, 1.165) is 51.4 Å². The van der Waals surface area contributed by atoms with Crippen molar-refractivity contribution in [2.24, 2.45) is 11.3 Å². The lowest BCUT2D eigenvalue weighted by Crippen LogP contribution is -2.37. The number of hydrogen-bond acceptors (Lipinski definition) is 3. The zero-order valence-corrected chi connectivity index (χ0v) is 16.1. The molecule has 2 rings (SSSR count). The molecule has 2 N–H and O–H groups in total. The van der Waals surface area contributed by atoms with Gasteiger partial charge in [0.25, 0.3) is 0 Å². The number of aryl methyl sites for hydroxylation is 1. The smallest absolute Gasteiger partial charge is 0.306 e. The number of pyridine rings is 1. The maximum Gasteiger partial charge on any atom is 0.306 e. The molecular formula is C21H32N2O3. The number of carboxylic acids is 1. The number of amides is 1. The minimum atomic E-state index is -0.786. The normalized spacial score (nSPS) is 17.0. The summed E-state index contributed by atoms with van der Waals surface area (Å²) in [5.74, 6) is -0.715. The Labute approximate surface area is 156 Å². The zero-order valence-electron chi connectivity index (χ0n) is 16.1. The lowest BCUT2D eigenvalue weighted by atomic mass is 9.75. The van der Waals surface area contributed by atoms with Crippen molar-refractivity contribution in [3.8, 4) is 0 Å². The van der Waals surface area contributed by atoms with E-state index in [-0.39, 0.29) is 5.91 Å². The number of carboxylic acid groups (broad SMARTS) is 1. The van der Waals surface area contributed by atoms with Crippen molar-refractivity contribution >= 4 is 17.7 Å². The van der Waals surface area contributed by atoms with E-state index in [2.05, 4.69) is 17.2 Å². The third-order valence-corrected chi connectivity index (χ3v) is 5.55. The quantitative estimate of drug-likeness (QED) is 0.627. The first-order chi connectivity index (χ1) is 12.5. The second-order valence-corrected chi connectivity index (χ2v) is 7.62. The predicted molar refractivity (Wildman–Crippen MR) is 103 cm³/mol. The van der Waals surface area contributed by atoms with Gasteiger partial charge >= 0.3 is 5.97 Å². The van der Waals surface area contributed by atoms with Crippen LogP contribution in [0, 0.1) is 11.3 Å². The number of carbonyl (C=O) groups excluding carboxylic acids is 1. The van der Waals surface area contributed by atoms with Crippen LogP contribution in [0.1, 0.15) is 77.2 Å². The molecule has 144 valence electrons. The lowest BCUT2D eigenvalue weighted by Gasteiger charge is -2.30. The van der Waals surface area contributed by atoms with Crippen molar-refractivity contribution < 1.29 is 14.7 Å². The Balaban J connectivity index is 2.12. The molecule has 1 atom stereocenters. The molecule has 0 unspecified atom stereocenters. The first-order valence-electron chi connectivity index (χ1n) is 10.00. The molecule has 26 heavy (non-hydrogen) atoms. The van der Waals surface area contributed by atoms with Crippen LogP contribution in [0.25, 0.3) is 0 Å². The van der Waals surface area contributed by atoms with E-state index >= 15 is 0 Å². The molecular weight excluding hydrogens is 328 g/mol. The van der Waals surface area contributed by atoms with Crippen molar-refractivity contribution in [2.45, 2.75) is 78.1 Å². The van der Waals surface area contributed by atoms with Gasteiger partial charge in [-0.05, 0) is 56.2 Å². The number of nitrogens with zero attached hydrogens (tertiary/aromatic N) is 1. The zero-order chi connectivity index (χ0) is 19.0. The molecule has 0 bridgehead atoms. The number of unbranched alkanes of at least 4 members (excludes halogenated alkanes) is 1. The molecule has 1 fully saturated rings. The van der Waals surface area contributed by atoms with Crippen molar-refractivity contribution in [3.63, 3.8) is 0 Å². The standard InChI is InChI=1S/C21H32N2O3/c1-3-5-9-16-10-13-22-18(14-16)23-20(26)21(11-6-7-12-21)15-17(8-4-2)19(24)25/h10,13-14,17H,3-9,11-12,15H2,1-2H3,(H,24,25)(H,22,23,26)/t17-/m1/s1. The first-order valence-corrected chi connectivity index (χ1v) is 10.00. The maximum atomic E-state index is 13.1. The average Bonchev–Trinajstić information content (AvgIpc) is 3.10. The van der Waals surface area contributed by atoms with Gasteiger partial charge in [0.15, 0.2) is 0 Å². The van der Waals surface area contributed by atoms with Crippen LogP contribution in [-0.4, -0.2) is 22.0 Å². The first kappa shape index (κ1) is 20.4. The lowest BCUT2D eigenvalue weighted by molar-refractivity contribution is -0.144. The molecule has 5 heteroatoms. The van der Waals surface area contributed by atoms with E-state index in [9.17, 15) is 14.7 Å². The van der Waals surface area contributed by atoms with Gasteiger partial charge in [-0.3, -0.25) is 9.59 Å². The van der Waals surface area contributed by atoms with Crippen LogP contribution in [0.5, 0.6) is 0 Å². The maximum absolute atomic E-state index is 13.1. The van der Waals surface area contributed by atoms with Gasteiger partial charge in [-0.2, -0.15) is 0 Å². The fourth-order valence-corrected chi connectivity index (χ4v) is 4.04. The number of hydrogen-bond donors (Lipinski definition) is 2. The Hall–Kier alpha value is -1.91. The van der Waals surface area contributed by atoms with Gasteiger partial charge in [-0.1, -0.05) is 39.5 Å². The number of carbonyl (C=O) groups is 2. The topological polar surface area (TPSA) is 79.3 Å². The van der Waals surface area contributed by atoms with E-state index in [0.29, 0.717) is 18.7 Å². The van der Waals surface area contributed by atoms with Crippen molar-refractivity contribution in [2.75, 3.05) is 5.32 Å². The van der Waals surface area contributed by atoms with Crippen molar-refractivity contribution in [1.82, 2.24) is 4.98 Å². The summed E-state index contributed by atoms with van der Waals surface area (Å²) in [6.07, 6.45) is 10.3. The summed E-state index contributed by atoms with van der Waals surface area (Å²) in [7, 11) is 0. The number of rotatable bonds is 10. The van der Waals surface area contributed by atoms with Gasteiger partial charge in [-0.15, -0.1) is 0 Å². The molecule has 5 nitrogen and oxygen atoms in total. The molecule has 1 aliphatic rings. The SMILES string of the molecule is CCCCc1ccnc(NC(=O)C2(C[C@@H](CCC)C(=O)O)CCCC2)c1. The molecule has 1 aromatic rings. The van der Waals surface area contributed by atoms with Gasteiger partial charge in [0.2, 0.25) is 5.91 Å². The number of aliphatic carboxylic acids is 1. The van der Waals surface area contributed by atoms with Crippen molar-refractivity contribution in [3.05, 3.63) is 23.9 Å². The third kappa shape index (κ3) is 5.29. The summed E-state index contributed by atoms with van der Waals surface area (Å²) in [5.41, 5.74) is 0.603. The highest BCUT2D eigenvalue weighted by atomic mass is 16.4. The fraction of sp³-hybridized carbons (Fsp3) is 0.667. The molecule has 1 heterocycles. The van der Waals surface area contributed by atoms with Gasteiger partial charge in [0.05, 0.1) is 11.3 Å². The summed E-state index contributed by atoms with van der Waals surface area (Å²) in [4.78, 5) is 29.0. The molecule has 0 aliphatic heterocycles. The van der Waals surface area contributed by atoms with Crippen LogP contribution in [0.3, 0.4) is 0 Å². The highest BCUT2D eigenvalue weighted by molar-refractivity contribution is 5.95. The van der Waals surface area contributed by atoms with Crippen LogP contribution in [-0.2, 0) is 16.0 Å². The van der Waals surface area contributed by atoms with E-state index < -0.39 is 17.3 Å². The summed E-state index contributed by atoms with van der Waals surface area (Å²) in [6.45, 7) is 4.14. The van der Waals surface area contributed by atoms with Gasteiger partial charge in [0.1, 0.15) is 5.82 Å². The van der Waals surface area contributed by atoms with Crippen LogP contribution in [0.4, 0.5) is 5.82 Å². The van der Waals surface area contributed by atoms with Gasteiger partial charge < -0.3 is 10.4 Å². The molecule has 1 amide bonds. The van der Waals surface area contributed by atoms with Gasteiger partial charge in [0, 0.05) is 6.20 Å². The van der Waals surface area contributed by atoms with E-state index in [4.69, 9.17) is 0 Å². The second kappa shape index (κ2) is 9.70. The minimum absolute atomic E-state index is 0.0579. The Bertz CT molecular complexity index is 609. The third-order valence-electron chi connectivity index (χ3n) is 5.55. The number of aromatic nitrogens is 1. The van der Waals surface area contributed by atoms with Crippen LogP contribution >= 0.6 is 0 Å². The summed E-state index contributed by atoms with van der Waals surface area (Å²) in [6, 6.07) is 3.93. The Morgan fingerprint density at radius 1 is 1.27 bits per heavy atom. The molecule has 1 saturated carbocycles. The monoisotopic (exact) mass is 360 g/mol. The van der Waals surface area contributed by atoms with Crippen LogP contribution in [0.15, 0.2) is 18.3 Å². The van der Waals surface area contributed by atoms with E-state index in [1.807, 2.05) is 19.1 Å². The molecule has 1 aliphatic carbocycles. The predicted octanol–water partition coefficient (Wildman–Crippen LogP) is 4.81. The van der Waals surface area contributed by atoms with E-state index in [1.54, 1.807) is 6.20 Å². The van der Waals surface area contributed by atoms with Gasteiger partial charge in [-0.25, -0.2) is 4.98 Å². The Kier molecular flexibility index (Phi) is 7.61. The Morgan fingerprint density at radius 2 is 2.00 bits per heavy atom. The molecule has 0 aromatic carbocycles. The second-order valence-electron chi connectivity index (χ2n) is 7.62. The number of nitrogens with one attached hydrogen (secondary N) is 1. The highest BCUT2D eigenvalue weighted by Gasteiger charge is 2.44. The van der Waals surface area contributed by atoms with E-state index in [1.165, 1.54) is 5.56 Å². The summed E-state index contributed by atoms with van der Waals surface area (Å²) in [5, 5.41) is 12.5. The van der Waals surface area contributed by atoms with Crippen LogP contribution in [0.2, 0.25) is 0 Å². The summed E-state index contributed by atoms with van der Waals surface area (Å²) >= 11 is 0. The molecule has 0 radical (unpaired) electrons. The Morgan fingerprint density at radius 3 is 2.62 bits per heavy atom. The molecule has 0 saturated heterocycles. The largest absolute Gasteiger partial charge is 0.481 e. The van der Waals surface area contributed by atoms with Crippen LogP contribution < -0.4 is 5.32 Å². The average molecular weight is 360 g/mol. The molecule has 0 spiro atoms. The summed E-state index contributed by atoms with van der Waals surface area (Å²) < 4.78 is 0. The molecule has 1 aromatic heterocycles. The van der Waals surface area contributed by atoms with Crippen molar-refractivity contribution in [1.29, 1.82) is 0 Å². The number of anilines is 1. The highest BCUT2D eigenvalue weighted by Crippen LogP contribution is 2.45.